The monoisotopic (exact) mass is 247 g/mol. The second kappa shape index (κ2) is 5.35. The molecule has 0 saturated heterocycles. The van der Waals surface area contributed by atoms with Gasteiger partial charge in [-0.15, -0.1) is 0 Å². The molecule has 1 aromatic heterocycles. The molecule has 0 bridgehead atoms. The number of nitrogens with one attached hydrogen (secondary N) is 1. The van der Waals surface area contributed by atoms with Crippen molar-refractivity contribution >= 4 is 0 Å². The van der Waals surface area contributed by atoms with Gasteiger partial charge in [-0.2, -0.15) is 0 Å². The topological polar surface area (TPSA) is 37.8 Å². The van der Waals surface area contributed by atoms with Crippen LogP contribution in [0, 0.1) is 12.3 Å². The predicted molar refractivity (Wildman–Crippen MR) is 74.4 cm³/mol. The Hall–Kier alpha value is -0.960. The zero-order valence-electron chi connectivity index (χ0n) is 12.1. The largest absolute Gasteiger partial charge is 0.308 e. The maximum Gasteiger partial charge on any atom is 0.128 e. The Labute approximate surface area is 110 Å². The molecule has 1 aliphatic carbocycles. The normalized spacial score (nSPS) is 16.0. The van der Waals surface area contributed by atoms with Crippen LogP contribution >= 0.6 is 0 Å². The molecule has 1 fully saturated rings. The van der Waals surface area contributed by atoms with Crippen molar-refractivity contribution in [2.75, 3.05) is 0 Å². The Balaban J connectivity index is 1.96. The lowest BCUT2D eigenvalue weighted by Crippen LogP contribution is -2.17. The van der Waals surface area contributed by atoms with E-state index in [1.165, 1.54) is 12.8 Å². The van der Waals surface area contributed by atoms with Crippen LogP contribution < -0.4 is 5.32 Å². The molecular weight excluding hydrogens is 222 g/mol. The highest BCUT2D eigenvalue weighted by atomic mass is 15.0. The minimum absolute atomic E-state index is 0.347. The zero-order valence-corrected chi connectivity index (χ0v) is 12.1. The number of rotatable bonds is 5. The lowest BCUT2D eigenvalue weighted by Gasteiger charge is -2.17. The molecular formula is C15H25N3. The molecule has 0 spiro atoms. The number of nitrogens with zero attached hydrogens (tertiary/aromatic N) is 2. The Bertz CT molecular complexity index is 403. The van der Waals surface area contributed by atoms with Gasteiger partial charge in [-0.3, -0.25) is 0 Å². The van der Waals surface area contributed by atoms with E-state index in [4.69, 9.17) is 0 Å². The van der Waals surface area contributed by atoms with Gasteiger partial charge in [0.05, 0.1) is 5.69 Å². The Morgan fingerprint density at radius 3 is 2.61 bits per heavy atom. The van der Waals surface area contributed by atoms with Crippen molar-refractivity contribution < 1.29 is 0 Å². The van der Waals surface area contributed by atoms with Crippen molar-refractivity contribution in [2.24, 2.45) is 5.41 Å². The van der Waals surface area contributed by atoms with Crippen LogP contribution in [-0.4, -0.2) is 16.0 Å². The highest BCUT2D eigenvalue weighted by Gasteiger charge is 2.20. The summed E-state index contributed by atoms with van der Waals surface area (Å²) >= 11 is 0. The van der Waals surface area contributed by atoms with Gasteiger partial charge in [-0.25, -0.2) is 9.97 Å². The van der Waals surface area contributed by atoms with Gasteiger partial charge in [0.2, 0.25) is 0 Å². The first kappa shape index (κ1) is 13.5. The van der Waals surface area contributed by atoms with E-state index >= 15 is 0 Å². The molecule has 18 heavy (non-hydrogen) atoms. The molecule has 100 valence electrons. The summed E-state index contributed by atoms with van der Waals surface area (Å²) in [5.41, 5.74) is 2.57. The Kier molecular flexibility index (Phi) is 4.00. The summed E-state index contributed by atoms with van der Waals surface area (Å²) in [6, 6.07) is 2.83. The van der Waals surface area contributed by atoms with Gasteiger partial charge >= 0.3 is 0 Å². The minimum Gasteiger partial charge on any atom is -0.308 e. The number of hydrogen-bond donors (Lipinski definition) is 1. The van der Waals surface area contributed by atoms with Gasteiger partial charge in [0.25, 0.3) is 0 Å². The van der Waals surface area contributed by atoms with Crippen LogP contribution in [0.25, 0.3) is 0 Å². The number of aryl methyl sites for hydroxylation is 2. The third kappa shape index (κ3) is 4.73. The summed E-state index contributed by atoms with van der Waals surface area (Å²) in [6.07, 6.45) is 4.75. The average Bonchev–Trinajstić information content (AvgIpc) is 3.06. The van der Waals surface area contributed by atoms with Gasteiger partial charge in [-0.05, 0) is 37.7 Å². The van der Waals surface area contributed by atoms with E-state index in [1.54, 1.807) is 0 Å². The second-order valence-electron chi connectivity index (χ2n) is 6.63. The van der Waals surface area contributed by atoms with Gasteiger partial charge in [0.15, 0.2) is 0 Å². The molecule has 0 amide bonds. The van der Waals surface area contributed by atoms with Crippen LogP contribution in [0.4, 0.5) is 0 Å². The van der Waals surface area contributed by atoms with Crippen LogP contribution in [0.3, 0.4) is 0 Å². The lowest BCUT2D eigenvalue weighted by atomic mass is 9.90. The van der Waals surface area contributed by atoms with Gasteiger partial charge in [-0.1, -0.05) is 20.8 Å². The van der Waals surface area contributed by atoms with E-state index in [1.807, 2.05) is 0 Å². The summed E-state index contributed by atoms with van der Waals surface area (Å²) in [5, 5.41) is 3.51. The minimum atomic E-state index is 0.347. The summed E-state index contributed by atoms with van der Waals surface area (Å²) in [4.78, 5) is 9.20. The first-order chi connectivity index (χ1) is 8.42. The molecule has 0 aliphatic heterocycles. The van der Waals surface area contributed by atoms with E-state index in [9.17, 15) is 0 Å². The Morgan fingerprint density at radius 1 is 1.28 bits per heavy atom. The van der Waals surface area contributed by atoms with E-state index in [0.717, 1.165) is 42.6 Å². The summed E-state index contributed by atoms with van der Waals surface area (Å²) < 4.78 is 0. The van der Waals surface area contributed by atoms with Crippen LogP contribution in [0.15, 0.2) is 6.07 Å². The van der Waals surface area contributed by atoms with Crippen LogP contribution in [0.2, 0.25) is 0 Å². The molecule has 1 heterocycles. The molecule has 1 aliphatic rings. The smallest absolute Gasteiger partial charge is 0.128 e. The van der Waals surface area contributed by atoms with E-state index in [0.29, 0.717) is 5.41 Å². The van der Waals surface area contributed by atoms with E-state index in [2.05, 4.69) is 49.0 Å². The standard InChI is InChI=1S/C15H25N3/c1-11-9-13(10-16-12-5-6-12)18-14(17-11)7-8-15(2,3)4/h9,12,16H,5-8,10H2,1-4H3. The fraction of sp³-hybridized carbons (Fsp3) is 0.733. The van der Waals surface area contributed by atoms with Gasteiger partial charge in [0, 0.05) is 24.7 Å². The Morgan fingerprint density at radius 2 is 2.00 bits per heavy atom. The van der Waals surface area contributed by atoms with E-state index < -0.39 is 0 Å². The highest BCUT2D eigenvalue weighted by Crippen LogP contribution is 2.21. The molecule has 3 nitrogen and oxygen atoms in total. The fourth-order valence-corrected chi connectivity index (χ4v) is 1.93. The quantitative estimate of drug-likeness (QED) is 0.869. The lowest BCUT2D eigenvalue weighted by molar-refractivity contribution is 0.374. The SMILES string of the molecule is Cc1cc(CNC2CC2)nc(CCC(C)(C)C)n1. The number of hydrogen-bond acceptors (Lipinski definition) is 3. The van der Waals surface area contributed by atoms with Crippen molar-refractivity contribution in [3.8, 4) is 0 Å². The van der Waals surface area contributed by atoms with Crippen LogP contribution in [0.1, 0.15) is 57.2 Å². The maximum atomic E-state index is 4.66. The molecule has 1 aromatic rings. The van der Waals surface area contributed by atoms with Crippen molar-refractivity contribution in [1.82, 2.24) is 15.3 Å². The molecule has 3 heteroatoms. The molecule has 0 radical (unpaired) electrons. The first-order valence-electron chi connectivity index (χ1n) is 6.99. The molecule has 0 unspecified atom stereocenters. The third-order valence-corrected chi connectivity index (χ3v) is 3.20. The van der Waals surface area contributed by atoms with Crippen molar-refractivity contribution in [1.29, 1.82) is 0 Å². The van der Waals surface area contributed by atoms with Crippen LogP contribution in [-0.2, 0) is 13.0 Å². The van der Waals surface area contributed by atoms with Crippen molar-refractivity contribution in [2.45, 2.75) is 66.0 Å². The van der Waals surface area contributed by atoms with Crippen molar-refractivity contribution in [3.05, 3.63) is 23.3 Å². The third-order valence-electron chi connectivity index (χ3n) is 3.20. The summed E-state index contributed by atoms with van der Waals surface area (Å²) in [6.45, 7) is 9.73. The number of aromatic nitrogens is 2. The average molecular weight is 247 g/mol. The highest BCUT2D eigenvalue weighted by molar-refractivity contribution is 5.10. The molecule has 1 N–H and O–H groups in total. The van der Waals surface area contributed by atoms with E-state index in [-0.39, 0.29) is 0 Å². The van der Waals surface area contributed by atoms with Crippen LogP contribution in [0.5, 0.6) is 0 Å². The second-order valence-corrected chi connectivity index (χ2v) is 6.63. The fourth-order valence-electron chi connectivity index (χ4n) is 1.93. The zero-order chi connectivity index (χ0) is 13.2. The molecule has 2 rings (SSSR count). The summed E-state index contributed by atoms with van der Waals surface area (Å²) in [5.74, 6) is 0.998. The first-order valence-corrected chi connectivity index (χ1v) is 6.99. The van der Waals surface area contributed by atoms with Crippen molar-refractivity contribution in [3.63, 3.8) is 0 Å². The van der Waals surface area contributed by atoms with Gasteiger partial charge < -0.3 is 5.32 Å². The summed E-state index contributed by atoms with van der Waals surface area (Å²) in [7, 11) is 0. The molecule has 0 atom stereocenters. The predicted octanol–water partition coefficient (Wildman–Crippen LogP) is 3.02. The molecule has 0 aromatic carbocycles. The maximum absolute atomic E-state index is 4.66. The van der Waals surface area contributed by atoms with Gasteiger partial charge in [0.1, 0.15) is 5.82 Å². The molecule has 1 saturated carbocycles.